The number of carbonyl (C=O) groups excluding carboxylic acids is 3. The van der Waals surface area contributed by atoms with Crippen LogP contribution in [0.15, 0.2) is 30.3 Å². The van der Waals surface area contributed by atoms with Gasteiger partial charge in [-0.3, -0.25) is 10.2 Å². The van der Waals surface area contributed by atoms with Crippen LogP contribution in [-0.4, -0.2) is 36.6 Å². The summed E-state index contributed by atoms with van der Waals surface area (Å²) in [4.78, 5) is 34.5. The summed E-state index contributed by atoms with van der Waals surface area (Å²) in [5.74, 6) is 0.574. The minimum absolute atomic E-state index is 0.282. The van der Waals surface area contributed by atoms with Crippen molar-refractivity contribution in [3.63, 3.8) is 0 Å². The van der Waals surface area contributed by atoms with Gasteiger partial charge in [-0.05, 0) is 37.2 Å². The van der Waals surface area contributed by atoms with Gasteiger partial charge < -0.3 is 9.64 Å². The van der Waals surface area contributed by atoms with Gasteiger partial charge in [0.1, 0.15) is 0 Å². The molecule has 0 atom stereocenters. The summed E-state index contributed by atoms with van der Waals surface area (Å²) < 4.78 is 4.57. The fraction of sp³-hybridized carbons (Fsp3) is 0.438. The molecule has 1 fully saturated rings. The van der Waals surface area contributed by atoms with Crippen molar-refractivity contribution in [2.75, 3.05) is 13.1 Å². The second kappa shape index (κ2) is 8.77. The molecule has 23 heavy (non-hydrogen) atoms. The maximum absolute atomic E-state index is 11.8. The molecule has 0 aliphatic carbocycles. The number of benzene rings is 1. The zero-order valence-electron chi connectivity index (χ0n) is 12.9. The smallest absolute Gasteiger partial charge is 0.358 e. The van der Waals surface area contributed by atoms with Crippen molar-refractivity contribution >= 4 is 18.6 Å². The first-order valence-corrected chi connectivity index (χ1v) is 7.69. The summed E-state index contributed by atoms with van der Waals surface area (Å²) in [6, 6.07) is 10.3. The largest absolute Gasteiger partial charge is 0.435 e. The van der Waals surface area contributed by atoms with E-state index >= 15 is 0 Å². The lowest BCUT2D eigenvalue weighted by Gasteiger charge is -2.31. The van der Waals surface area contributed by atoms with Crippen LogP contribution < -0.4 is 10.9 Å². The Hall–Kier alpha value is -2.57. The molecule has 0 saturated carbocycles. The van der Waals surface area contributed by atoms with Gasteiger partial charge in [-0.15, -0.1) is 0 Å². The average Bonchev–Trinajstić information content (AvgIpc) is 2.59. The molecule has 0 bridgehead atoms. The van der Waals surface area contributed by atoms with Crippen LogP contribution in [0.4, 0.5) is 9.59 Å². The normalized spacial score (nSPS) is 14.9. The molecule has 0 radical (unpaired) electrons. The van der Waals surface area contributed by atoms with Gasteiger partial charge in [0.05, 0.1) is 0 Å². The zero-order chi connectivity index (χ0) is 16.5. The van der Waals surface area contributed by atoms with E-state index in [9.17, 15) is 14.4 Å². The van der Waals surface area contributed by atoms with Gasteiger partial charge in [0.15, 0.2) is 0 Å². The van der Waals surface area contributed by atoms with Crippen molar-refractivity contribution in [2.24, 2.45) is 5.92 Å². The number of hydrogen-bond donors (Lipinski definition) is 2. The molecular weight excluding hydrogens is 298 g/mol. The van der Waals surface area contributed by atoms with Crippen molar-refractivity contribution in [1.82, 2.24) is 15.8 Å². The Morgan fingerprint density at radius 3 is 2.57 bits per heavy atom. The molecule has 1 heterocycles. The molecule has 1 aromatic rings. The second-order valence-electron chi connectivity index (χ2n) is 5.50. The first-order valence-electron chi connectivity index (χ1n) is 7.69. The third kappa shape index (κ3) is 5.61. The zero-order valence-corrected chi connectivity index (χ0v) is 12.9. The molecule has 2 N–H and O–H groups in total. The van der Waals surface area contributed by atoms with E-state index in [0.717, 1.165) is 25.7 Å². The number of nitrogens with one attached hydrogen (secondary N) is 2. The molecule has 1 aliphatic heterocycles. The van der Waals surface area contributed by atoms with Gasteiger partial charge in [-0.25, -0.2) is 15.0 Å². The van der Waals surface area contributed by atoms with Crippen LogP contribution >= 0.6 is 0 Å². The highest BCUT2D eigenvalue weighted by atomic mass is 16.6. The Balaban J connectivity index is 1.68. The van der Waals surface area contributed by atoms with Gasteiger partial charge in [0, 0.05) is 13.1 Å². The van der Waals surface area contributed by atoms with Crippen LogP contribution in [0.2, 0.25) is 0 Å². The first kappa shape index (κ1) is 16.8. The summed E-state index contributed by atoms with van der Waals surface area (Å²) in [5, 5.41) is 0. The summed E-state index contributed by atoms with van der Waals surface area (Å²) in [5.41, 5.74) is 5.17. The van der Waals surface area contributed by atoms with Crippen LogP contribution in [0.5, 0.6) is 0 Å². The molecule has 1 aliphatic rings. The number of ether oxygens (including phenoxy) is 1. The van der Waals surface area contributed by atoms with Crippen molar-refractivity contribution in [1.29, 1.82) is 0 Å². The maximum atomic E-state index is 11.8. The number of nitrogens with zero attached hydrogens (tertiary/aromatic N) is 1. The van der Waals surface area contributed by atoms with Crippen LogP contribution in [-0.2, 0) is 16.0 Å². The molecule has 0 spiro atoms. The molecule has 7 nitrogen and oxygen atoms in total. The van der Waals surface area contributed by atoms with Crippen LogP contribution in [0.1, 0.15) is 24.8 Å². The van der Waals surface area contributed by atoms with Crippen molar-refractivity contribution < 1.29 is 19.1 Å². The predicted molar refractivity (Wildman–Crippen MR) is 83.3 cm³/mol. The molecule has 7 heteroatoms. The maximum Gasteiger partial charge on any atom is 0.435 e. The number of amides is 3. The fourth-order valence-corrected chi connectivity index (χ4v) is 2.68. The van der Waals surface area contributed by atoms with Gasteiger partial charge in [-0.1, -0.05) is 30.3 Å². The Morgan fingerprint density at radius 1 is 1.22 bits per heavy atom. The third-order valence-corrected chi connectivity index (χ3v) is 3.97. The molecule has 0 aromatic heterocycles. The molecule has 1 saturated heterocycles. The number of hydrazine groups is 1. The number of hydrogen-bond acceptors (Lipinski definition) is 4. The Labute approximate surface area is 135 Å². The number of aryl methyl sites for hydroxylation is 1. The molecule has 1 aromatic carbocycles. The van der Waals surface area contributed by atoms with Crippen LogP contribution in [0.25, 0.3) is 0 Å². The van der Waals surface area contributed by atoms with E-state index in [1.165, 1.54) is 10.5 Å². The van der Waals surface area contributed by atoms with Gasteiger partial charge in [-0.2, -0.15) is 0 Å². The lowest BCUT2D eigenvalue weighted by atomic mass is 9.91. The Kier molecular flexibility index (Phi) is 6.40. The van der Waals surface area contributed by atoms with Crippen LogP contribution in [0.3, 0.4) is 0 Å². The van der Waals surface area contributed by atoms with E-state index in [0.29, 0.717) is 19.0 Å². The Morgan fingerprint density at radius 2 is 1.91 bits per heavy atom. The SMILES string of the molecule is O=CNNC(=O)OC(=O)N1CCC(CCc2ccccc2)CC1. The minimum atomic E-state index is -0.992. The average molecular weight is 319 g/mol. The van der Waals surface area contributed by atoms with E-state index in [1.54, 1.807) is 0 Å². The standard InChI is InChI=1S/C16H21N3O4/c20-12-17-18-15(21)23-16(22)19-10-8-14(9-11-19)7-6-13-4-2-1-3-5-13/h1-5,12,14H,6-11H2,(H,17,20)(H,18,21). The number of piperidine rings is 1. The molecule has 124 valence electrons. The van der Waals surface area contributed by atoms with Crippen molar-refractivity contribution in [3.05, 3.63) is 35.9 Å². The second-order valence-corrected chi connectivity index (χ2v) is 5.50. The molecule has 0 unspecified atom stereocenters. The van der Waals surface area contributed by atoms with E-state index in [1.807, 2.05) is 29.1 Å². The highest BCUT2D eigenvalue weighted by molar-refractivity contribution is 5.83. The van der Waals surface area contributed by atoms with Gasteiger partial charge >= 0.3 is 12.2 Å². The highest BCUT2D eigenvalue weighted by Gasteiger charge is 2.25. The van der Waals surface area contributed by atoms with E-state index in [2.05, 4.69) is 16.9 Å². The molecule has 2 rings (SSSR count). The van der Waals surface area contributed by atoms with E-state index < -0.39 is 12.2 Å². The van der Waals surface area contributed by atoms with Gasteiger partial charge in [0.2, 0.25) is 6.41 Å². The Bertz CT molecular complexity index is 527. The number of rotatable bonds is 5. The predicted octanol–water partition coefficient (Wildman–Crippen LogP) is 1.84. The monoisotopic (exact) mass is 319 g/mol. The van der Waals surface area contributed by atoms with E-state index in [-0.39, 0.29) is 6.41 Å². The molecule has 3 amide bonds. The van der Waals surface area contributed by atoms with Crippen molar-refractivity contribution in [3.8, 4) is 0 Å². The molecular formula is C16H21N3O4. The summed E-state index contributed by atoms with van der Waals surface area (Å²) in [7, 11) is 0. The van der Waals surface area contributed by atoms with Crippen LogP contribution in [0, 0.1) is 5.92 Å². The van der Waals surface area contributed by atoms with Crippen molar-refractivity contribution in [2.45, 2.75) is 25.7 Å². The summed E-state index contributed by atoms with van der Waals surface area (Å²) in [6.07, 6.45) is 2.54. The first-order chi connectivity index (χ1) is 11.2. The third-order valence-electron chi connectivity index (χ3n) is 3.97. The van der Waals surface area contributed by atoms with E-state index in [4.69, 9.17) is 0 Å². The minimum Gasteiger partial charge on any atom is -0.358 e. The number of carbonyl (C=O) groups is 3. The number of likely N-dealkylation sites (tertiary alicyclic amines) is 1. The lowest BCUT2D eigenvalue weighted by molar-refractivity contribution is -0.110. The lowest BCUT2D eigenvalue weighted by Crippen LogP contribution is -2.43. The van der Waals surface area contributed by atoms with Gasteiger partial charge in [0.25, 0.3) is 0 Å². The quantitative estimate of drug-likeness (QED) is 0.492. The highest BCUT2D eigenvalue weighted by Crippen LogP contribution is 2.22. The summed E-state index contributed by atoms with van der Waals surface area (Å²) in [6.45, 7) is 1.15. The topological polar surface area (TPSA) is 87.7 Å². The fourth-order valence-electron chi connectivity index (χ4n) is 2.68. The summed E-state index contributed by atoms with van der Waals surface area (Å²) >= 11 is 0.